The molecule has 1 aliphatic heterocycles. The van der Waals surface area contributed by atoms with Crippen LogP contribution in [0, 0.1) is 12.3 Å². The van der Waals surface area contributed by atoms with Crippen molar-refractivity contribution in [2.45, 2.75) is 52.5 Å². The van der Waals surface area contributed by atoms with Gasteiger partial charge in [0.25, 0.3) is 0 Å². The van der Waals surface area contributed by atoms with Crippen LogP contribution in [0.3, 0.4) is 0 Å². The molecule has 0 bridgehead atoms. The number of aryl methyl sites for hydroxylation is 2. The third-order valence-corrected chi connectivity index (χ3v) is 4.90. The van der Waals surface area contributed by atoms with Crippen LogP contribution in [-0.2, 0) is 11.2 Å². The smallest absolute Gasteiger partial charge is 0.0797 e. The molecule has 0 amide bonds. The Balaban J connectivity index is 1.94. The van der Waals surface area contributed by atoms with Crippen molar-refractivity contribution in [1.29, 1.82) is 0 Å². The molecule has 19 heavy (non-hydrogen) atoms. The van der Waals surface area contributed by atoms with Gasteiger partial charge in [-0.25, -0.2) is 4.98 Å². The van der Waals surface area contributed by atoms with E-state index in [1.165, 1.54) is 23.4 Å². The van der Waals surface area contributed by atoms with E-state index in [2.05, 4.69) is 38.0 Å². The number of rotatable bonds is 5. The van der Waals surface area contributed by atoms with Gasteiger partial charge in [0.1, 0.15) is 0 Å². The van der Waals surface area contributed by atoms with Crippen LogP contribution >= 0.6 is 11.3 Å². The standard InChI is InChI=1S/C15H26N2OS/c1-12-13(19-11-16-12)5-6-15(7-8-18-10-15)9-17-14(2,3)4/h11,17H,5-10H2,1-4H3. The number of hydrogen-bond donors (Lipinski definition) is 1. The Kier molecular flexibility index (Phi) is 4.64. The molecule has 0 aromatic carbocycles. The molecule has 0 spiro atoms. The third-order valence-electron chi connectivity index (χ3n) is 3.91. The molecule has 1 aromatic rings. The molecule has 4 heteroatoms. The van der Waals surface area contributed by atoms with Gasteiger partial charge >= 0.3 is 0 Å². The van der Waals surface area contributed by atoms with Crippen molar-refractivity contribution in [2.24, 2.45) is 5.41 Å². The van der Waals surface area contributed by atoms with Crippen LogP contribution in [0.15, 0.2) is 5.51 Å². The molecule has 0 saturated carbocycles. The number of ether oxygens (including phenoxy) is 1. The van der Waals surface area contributed by atoms with Gasteiger partial charge in [-0.05, 0) is 47.0 Å². The lowest BCUT2D eigenvalue weighted by Crippen LogP contribution is -2.44. The fourth-order valence-corrected chi connectivity index (χ4v) is 3.25. The van der Waals surface area contributed by atoms with E-state index in [4.69, 9.17) is 4.74 Å². The first kappa shape index (κ1) is 14.9. The molecule has 1 unspecified atom stereocenters. The molecule has 1 aromatic heterocycles. The summed E-state index contributed by atoms with van der Waals surface area (Å²) in [7, 11) is 0. The minimum Gasteiger partial charge on any atom is -0.381 e. The summed E-state index contributed by atoms with van der Waals surface area (Å²) in [5.41, 5.74) is 3.64. The highest BCUT2D eigenvalue weighted by molar-refractivity contribution is 7.09. The molecule has 2 rings (SSSR count). The lowest BCUT2D eigenvalue weighted by molar-refractivity contribution is 0.138. The monoisotopic (exact) mass is 282 g/mol. The zero-order valence-corrected chi connectivity index (χ0v) is 13.4. The number of nitrogens with zero attached hydrogens (tertiary/aromatic N) is 1. The Bertz CT molecular complexity index is 403. The fourth-order valence-electron chi connectivity index (χ4n) is 2.47. The van der Waals surface area contributed by atoms with E-state index in [-0.39, 0.29) is 5.54 Å². The van der Waals surface area contributed by atoms with Gasteiger partial charge < -0.3 is 10.1 Å². The van der Waals surface area contributed by atoms with Crippen molar-refractivity contribution < 1.29 is 4.74 Å². The second-order valence-corrected chi connectivity index (χ2v) is 7.71. The van der Waals surface area contributed by atoms with Gasteiger partial charge in [-0.1, -0.05) is 0 Å². The Morgan fingerprint density at radius 1 is 1.47 bits per heavy atom. The van der Waals surface area contributed by atoms with E-state index < -0.39 is 0 Å². The van der Waals surface area contributed by atoms with Crippen molar-refractivity contribution in [3.05, 3.63) is 16.1 Å². The van der Waals surface area contributed by atoms with Crippen LogP contribution in [0.25, 0.3) is 0 Å². The van der Waals surface area contributed by atoms with Gasteiger partial charge in [0, 0.05) is 29.0 Å². The highest BCUT2D eigenvalue weighted by Gasteiger charge is 2.35. The van der Waals surface area contributed by atoms with Gasteiger partial charge in [-0.2, -0.15) is 0 Å². The summed E-state index contributed by atoms with van der Waals surface area (Å²) in [6, 6.07) is 0. The average Bonchev–Trinajstić information content (AvgIpc) is 2.93. The van der Waals surface area contributed by atoms with E-state index in [0.717, 1.165) is 26.2 Å². The summed E-state index contributed by atoms with van der Waals surface area (Å²) in [5.74, 6) is 0. The van der Waals surface area contributed by atoms with Crippen LogP contribution in [0.5, 0.6) is 0 Å². The molecular formula is C15H26N2OS. The summed E-state index contributed by atoms with van der Waals surface area (Å²) in [5, 5.41) is 3.66. The van der Waals surface area contributed by atoms with Crippen LogP contribution in [0.4, 0.5) is 0 Å². The maximum atomic E-state index is 5.67. The number of nitrogens with one attached hydrogen (secondary N) is 1. The zero-order chi connectivity index (χ0) is 13.9. The summed E-state index contributed by atoms with van der Waals surface area (Å²) in [4.78, 5) is 5.77. The number of aromatic nitrogens is 1. The van der Waals surface area contributed by atoms with Gasteiger partial charge in [0.05, 0.1) is 17.8 Å². The SMILES string of the molecule is Cc1ncsc1CCC1(CNC(C)(C)C)CCOC1. The highest BCUT2D eigenvalue weighted by atomic mass is 32.1. The predicted molar refractivity (Wildman–Crippen MR) is 80.8 cm³/mol. The Labute approximate surface area is 120 Å². The van der Waals surface area contributed by atoms with Gasteiger partial charge in [0.15, 0.2) is 0 Å². The minimum absolute atomic E-state index is 0.177. The zero-order valence-electron chi connectivity index (χ0n) is 12.6. The Hall–Kier alpha value is -0.450. The third kappa shape index (κ3) is 4.26. The topological polar surface area (TPSA) is 34.2 Å². The van der Waals surface area contributed by atoms with Crippen molar-refractivity contribution in [1.82, 2.24) is 10.3 Å². The fraction of sp³-hybridized carbons (Fsp3) is 0.800. The van der Waals surface area contributed by atoms with E-state index in [1.54, 1.807) is 11.3 Å². The van der Waals surface area contributed by atoms with Gasteiger partial charge in [0.2, 0.25) is 0 Å². The first-order valence-corrected chi connectivity index (χ1v) is 8.00. The lowest BCUT2D eigenvalue weighted by Gasteiger charge is -2.32. The van der Waals surface area contributed by atoms with E-state index in [1.807, 2.05) is 5.51 Å². The maximum absolute atomic E-state index is 5.67. The highest BCUT2D eigenvalue weighted by Crippen LogP contribution is 2.34. The largest absolute Gasteiger partial charge is 0.381 e. The second-order valence-electron chi connectivity index (χ2n) is 6.77. The van der Waals surface area contributed by atoms with Crippen molar-refractivity contribution in [3.63, 3.8) is 0 Å². The van der Waals surface area contributed by atoms with E-state index in [9.17, 15) is 0 Å². The Morgan fingerprint density at radius 2 is 2.26 bits per heavy atom. The first-order valence-electron chi connectivity index (χ1n) is 7.12. The molecular weight excluding hydrogens is 256 g/mol. The maximum Gasteiger partial charge on any atom is 0.0797 e. The van der Waals surface area contributed by atoms with Crippen molar-refractivity contribution in [3.8, 4) is 0 Å². The molecule has 108 valence electrons. The average molecular weight is 282 g/mol. The first-order chi connectivity index (χ1) is 8.90. The van der Waals surface area contributed by atoms with Gasteiger partial charge in [-0.3, -0.25) is 0 Å². The quantitative estimate of drug-likeness (QED) is 0.900. The Morgan fingerprint density at radius 3 is 2.79 bits per heavy atom. The molecule has 1 saturated heterocycles. The lowest BCUT2D eigenvalue weighted by atomic mass is 9.81. The van der Waals surface area contributed by atoms with Crippen LogP contribution < -0.4 is 5.32 Å². The van der Waals surface area contributed by atoms with E-state index >= 15 is 0 Å². The van der Waals surface area contributed by atoms with E-state index in [0.29, 0.717) is 5.41 Å². The van der Waals surface area contributed by atoms with Crippen LogP contribution in [-0.4, -0.2) is 30.3 Å². The molecule has 1 aliphatic rings. The van der Waals surface area contributed by atoms with Gasteiger partial charge in [-0.15, -0.1) is 11.3 Å². The number of thiazole rings is 1. The molecule has 1 N–H and O–H groups in total. The molecule has 1 atom stereocenters. The second kappa shape index (κ2) is 5.90. The van der Waals surface area contributed by atoms with Crippen LogP contribution in [0.1, 0.15) is 44.2 Å². The normalized spacial score (nSPS) is 24.0. The van der Waals surface area contributed by atoms with Crippen molar-refractivity contribution >= 4 is 11.3 Å². The summed E-state index contributed by atoms with van der Waals surface area (Å²) in [6.07, 6.45) is 3.50. The number of hydrogen-bond acceptors (Lipinski definition) is 4. The molecule has 0 aliphatic carbocycles. The predicted octanol–water partition coefficient (Wildman–Crippen LogP) is 3.18. The van der Waals surface area contributed by atoms with Crippen molar-refractivity contribution in [2.75, 3.05) is 19.8 Å². The molecule has 3 nitrogen and oxygen atoms in total. The molecule has 0 radical (unpaired) electrons. The molecule has 1 fully saturated rings. The minimum atomic E-state index is 0.177. The summed E-state index contributed by atoms with van der Waals surface area (Å²) < 4.78 is 5.67. The summed E-state index contributed by atoms with van der Waals surface area (Å²) in [6.45, 7) is 11.6. The molecule has 2 heterocycles. The summed E-state index contributed by atoms with van der Waals surface area (Å²) >= 11 is 1.78. The van der Waals surface area contributed by atoms with Crippen LogP contribution in [0.2, 0.25) is 0 Å².